The van der Waals surface area contributed by atoms with Crippen LogP contribution < -0.4 is 5.32 Å². The molecule has 0 aromatic heterocycles. The molecule has 1 aromatic rings. The van der Waals surface area contributed by atoms with E-state index in [1.807, 2.05) is 0 Å². The maximum Gasteiger partial charge on any atom is 0.0336 e. The van der Waals surface area contributed by atoms with E-state index < -0.39 is 0 Å². The topological polar surface area (TPSA) is 15.3 Å². The number of hydrogen-bond acceptors (Lipinski definition) is 2. The zero-order valence-electron chi connectivity index (χ0n) is 11.4. The molecule has 18 heavy (non-hydrogen) atoms. The highest BCUT2D eigenvalue weighted by atomic mass is 15.2. The highest BCUT2D eigenvalue weighted by molar-refractivity contribution is 5.17. The molecule has 1 N–H and O–H groups in total. The number of likely N-dealkylation sites (tertiary alicyclic amines) is 1. The number of piperidine rings is 1. The maximum absolute atomic E-state index is 3.60. The van der Waals surface area contributed by atoms with Gasteiger partial charge in [-0.25, -0.2) is 0 Å². The first-order chi connectivity index (χ1) is 8.84. The van der Waals surface area contributed by atoms with Crippen LogP contribution in [0.25, 0.3) is 0 Å². The molecular formula is C16H24N2. The van der Waals surface area contributed by atoms with Gasteiger partial charge in [0.15, 0.2) is 0 Å². The van der Waals surface area contributed by atoms with Gasteiger partial charge in [0, 0.05) is 18.1 Å². The van der Waals surface area contributed by atoms with Crippen molar-refractivity contribution in [2.45, 2.75) is 50.2 Å². The van der Waals surface area contributed by atoms with Gasteiger partial charge >= 0.3 is 0 Å². The first-order valence-corrected chi connectivity index (χ1v) is 7.31. The first kappa shape index (κ1) is 12.2. The van der Waals surface area contributed by atoms with Gasteiger partial charge in [0.2, 0.25) is 0 Å². The van der Waals surface area contributed by atoms with Gasteiger partial charge in [0.05, 0.1) is 0 Å². The minimum atomic E-state index is 0.440. The van der Waals surface area contributed by atoms with Gasteiger partial charge in [-0.3, -0.25) is 4.90 Å². The molecule has 1 atom stereocenters. The van der Waals surface area contributed by atoms with Crippen LogP contribution in [0, 0.1) is 0 Å². The van der Waals surface area contributed by atoms with Crippen molar-refractivity contribution < 1.29 is 0 Å². The molecule has 1 saturated carbocycles. The SMILES string of the molecule is CNC1(C2CCCCN2Cc2ccccc2)CC1. The van der Waals surface area contributed by atoms with E-state index in [9.17, 15) is 0 Å². The number of nitrogens with one attached hydrogen (secondary N) is 1. The van der Waals surface area contributed by atoms with Crippen molar-refractivity contribution >= 4 is 0 Å². The third-order valence-electron chi connectivity index (χ3n) is 4.77. The van der Waals surface area contributed by atoms with Crippen molar-refractivity contribution in [3.05, 3.63) is 35.9 Å². The molecule has 1 unspecified atom stereocenters. The van der Waals surface area contributed by atoms with E-state index in [-0.39, 0.29) is 0 Å². The molecule has 1 heterocycles. The Hall–Kier alpha value is -0.860. The number of hydrogen-bond donors (Lipinski definition) is 1. The van der Waals surface area contributed by atoms with Crippen molar-refractivity contribution in [2.24, 2.45) is 0 Å². The average molecular weight is 244 g/mol. The quantitative estimate of drug-likeness (QED) is 0.876. The van der Waals surface area contributed by atoms with Gasteiger partial charge in [-0.1, -0.05) is 36.8 Å². The lowest BCUT2D eigenvalue weighted by Gasteiger charge is -2.41. The van der Waals surface area contributed by atoms with Gasteiger partial charge in [-0.2, -0.15) is 0 Å². The van der Waals surface area contributed by atoms with Crippen molar-refractivity contribution in [2.75, 3.05) is 13.6 Å². The minimum absolute atomic E-state index is 0.440. The predicted molar refractivity (Wildman–Crippen MR) is 75.5 cm³/mol. The van der Waals surface area contributed by atoms with Crippen molar-refractivity contribution in [3.63, 3.8) is 0 Å². The van der Waals surface area contributed by atoms with E-state index in [0.717, 1.165) is 12.6 Å². The zero-order valence-corrected chi connectivity index (χ0v) is 11.4. The van der Waals surface area contributed by atoms with E-state index in [0.29, 0.717) is 5.54 Å². The molecule has 1 aromatic carbocycles. The van der Waals surface area contributed by atoms with Crippen LogP contribution in [0.2, 0.25) is 0 Å². The fourth-order valence-corrected chi connectivity index (χ4v) is 3.51. The maximum atomic E-state index is 3.60. The Labute approximate surface area is 110 Å². The van der Waals surface area contributed by atoms with Gasteiger partial charge < -0.3 is 5.32 Å². The fourth-order valence-electron chi connectivity index (χ4n) is 3.51. The standard InChI is InChI=1S/C16H24N2/c1-17-16(10-11-16)15-9-5-6-12-18(15)13-14-7-3-2-4-8-14/h2-4,7-8,15,17H,5-6,9-13H2,1H3. The van der Waals surface area contributed by atoms with Crippen LogP contribution in [0.1, 0.15) is 37.7 Å². The summed E-state index contributed by atoms with van der Waals surface area (Å²) in [6.07, 6.45) is 6.86. The summed E-state index contributed by atoms with van der Waals surface area (Å²) < 4.78 is 0. The van der Waals surface area contributed by atoms with Crippen LogP contribution in [-0.2, 0) is 6.54 Å². The van der Waals surface area contributed by atoms with Crippen LogP contribution >= 0.6 is 0 Å². The molecule has 0 radical (unpaired) electrons. The van der Waals surface area contributed by atoms with E-state index >= 15 is 0 Å². The Morgan fingerprint density at radius 1 is 1.22 bits per heavy atom. The Morgan fingerprint density at radius 3 is 2.67 bits per heavy atom. The summed E-state index contributed by atoms with van der Waals surface area (Å²) in [6.45, 7) is 2.39. The second-order valence-electron chi connectivity index (χ2n) is 5.87. The van der Waals surface area contributed by atoms with E-state index in [1.165, 1.54) is 44.2 Å². The molecular weight excluding hydrogens is 220 g/mol. The Balaban J connectivity index is 1.72. The third kappa shape index (κ3) is 2.32. The molecule has 2 nitrogen and oxygen atoms in total. The summed E-state index contributed by atoms with van der Waals surface area (Å²) in [5, 5.41) is 3.60. The summed E-state index contributed by atoms with van der Waals surface area (Å²) in [6, 6.07) is 11.7. The normalized spacial score (nSPS) is 27.1. The molecule has 1 saturated heterocycles. The van der Waals surface area contributed by atoms with Crippen LogP contribution in [-0.4, -0.2) is 30.1 Å². The smallest absolute Gasteiger partial charge is 0.0336 e. The molecule has 2 heteroatoms. The van der Waals surface area contributed by atoms with Gasteiger partial charge in [-0.05, 0) is 44.8 Å². The van der Waals surface area contributed by atoms with E-state index in [4.69, 9.17) is 0 Å². The van der Waals surface area contributed by atoms with E-state index in [2.05, 4.69) is 47.6 Å². The summed E-state index contributed by atoms with van der Waals surface area (Å²) in [4.78, 5) is 2.71. The monoisotopic (exact) mass is 244 g/mol. The Kier molecular flexibility index (Phi) is 3.40. The lowest BCUT2D eigenvalue weighted by Crippen LogP contribution is -2.52. The number of rotatable bonds is 4. The molecule has 2 fully saturated rings. The van der Waals surface area contributed by atoms with Crippen molar-refractivity contribution in [1.82, 2.24) is 10.2 Å². The van der Waals surface area contributed by atoms with Crippen LogP contribution in [0.4, 0.5) is 0 Å². The van der Waals surface area contributed by atoms with Gasteiger partial charge in [-0.15, -0.1) is 0 Å². The Bertz CT molecular complexity index is 383. The molecule has 0 amide bonds. The highest BCUT2D eigenvalue weighted by Gasteiger charge is 2.50. The second kappa shape index (κ2) is 5.02. The predicted octanol–water partition coefficient (Wildman–Crippen LogP) is 2.79. The van der Waals surface area contributed by atoms with Crippen molar-refractivity contribution in [1.29, 1.82) is 0 Å². The van der Waals surface area contributed by atoms with Crippen molar-refractivity contribution in [3.8, 4) is 0 Å². The average Bonchev–Trinajstić information content (AvgIpc) is 3.22. The molecule has 1 aliphatic carbocycles. The summed E-state index contributed by atoms with van der Waals surface area (Å²) in [5.41, 5.74) is 1.89. The molecule has 3 rings (SSSR count). The first-order valence-electron chi connectivity index (χ1n) is 7.31. The Morgan fingerprint density at radius 2 is 2.00 bits per heavy atom. The lowest BCUT2D eigenvalue weighted by atomic mass is 9.93. The van der Waals surface area contributed by atoms with E-state index in [1.54, 1.807) is 0 Å². The zero-order chi connectivity index (χ0) is 12.4. The highest BCUT2D eigenvalue weighted by Crippen LogP contribution is 2.44. The second-order valence-corrected chi connectivity index (χ2v) is 5.87. The number of nitrogens with zero attached hydrogens (tertiary/aromatic N) is 1. The largest absolute Gasteiger partial charge is 0.313 e. The lowest BCUT2D eigenvalue weighted by molar-refractivity contribution is 0.100. The fraction of sp³-hybridized carbons (Fsp3) is 0.625. The van der Waals surface area contributed by atoms with Crippen LogP contribution in [0.5, 0.6) is 0 Å². The minimum Gasteiger partial charge on any atom is -0.313 e. The van der Waals surface area contributed by atoms with Crippen LogP contribution in [0.15, 0.2) is 30.3 Å². The summed E-state index contributed by atoms with van der Waals surface area (Å²) in [5.74, 6) is 0. The molecule has 0 bridgehead atoms. The molecule has 2 aliphatic rings. The number of benzene rings is 1. The molecule has 1 aliphatic heterocycles. The molecule has 0 spiro atoms. The van der Waals surface area contributed by atoms with Gasteiger partial charge in [0.25, 0.3) is 0 Å². The summed E-state index contributed by atoms with van der Waals surface area (Å²) >= 11 is 0. The van der Waals surface area contributed by atoms with Crippen LogP contribution in [0.3, 0.4) is 0 Å². The summed E-state index contributed by atoms with van der Waals surface area (Å²) in [7, 11) is 2.14. The number of likely N-dealkylation sites (N-methyl/N-ethyl adjacent to an activating group) is 1. The van der Waals surface area contributed by atoms with Gasteiger partial charge in [0.1, 0.15) is 0 Å². The third-order valence-corrected chi connectivity index (χ3v) is 4.77. The molecule has 98 valence electrons.